The first kappa shape index (κ1) is 16.6. The van der Waals surface area contributed by atoms with Crippen molar-refractivity contribution in [2.45, 2.75) is 58.4 Å². The molecule has 0 amide bonds. The first-order valence-electron chi connectivity index (χ1n) is 8.72. The molecule has 2 aliphatic rings. The first-order chi connectivity index (χ1) is 10.1. The molecule has 21 heavy (non-hydrogen) atoms. The van der Waals surface area contributed by atoms with Crippen LogP contribution in [0.25, 0.3) is 0 Å². The molecular formula is C17H34N4. The van der Waals surface area contributed by atoms with E-state index in [9.17, 15) is 0 Å². The van der Waals surface area contributed by atoms with Gasteiger partial charge in [0.25, 0.3) is 0 Å². The van der Waals surface area contributed by atoms with E-state index in [-0.39, 0.29) is 0 Å². The molecule has 1 heterocycles. The molecule has 4 nitrogen and oxygen atoms in total. The first-order valence-corrected chi connectivity index (χ1v) is 8.72. The lowest BCUT2D eigenvalue weighted by atomic mass is 9.73. The molecule has 2 rings (SSSR count). The van der Waals surface area contributed by atoms with E-state index in [4.69, 9.17) is 0 Å². The molecule has 0 bridgehead atoms. The Morgan fingerprint density at radius 3 is 2.57 bits per heavy atom. The van der Waals surface area contributed by atoms with Crippen molar-refractivity contribution in [3.05, 3.63) is 0 Å². The molecule has 122 valence electrons. The molecule has 0 radical (unpaired) electrons. The third kappa shape index (κ3) is 4.35. The summed E-state index contributed by atoms with van der Waals surface area (Å²) in [5.74, 6) is 1.11. The molecule has 0 aromatic rings. The lowest BCUT2D eigenvalue weighted by Crippen LogP contribution is -2.44. The van der Waals surface area contributed by atoms with Crippen molar-refractivity contribution in [2.24, 2.45) is 10.4 Å². The molecule has 1 spiro atoms. The van der Waals surface area contributed by atoms with Crippen molar-refractivity contribution in [1.82, 2.24) is 15.1 Å². The van der Waals surface area contributed by atoms with Gasteiger partial charge in [-0.2, -0.15) is 0 Å². The van der Waals surface area contributed by atoms with E-state index in [1.165, 1.54) is 51.6 Å². The molecule has 1 aliphatic carbocycles. The monoisotopic (exact) mass is 294 g/mol. The van der Waals surface area contributed by atoms with E-state index in [1.807, 2.05) is 7.05 Å². The number of hydrogen-bond donors (Lipinski definition) is 1. The Bertz CT molecular complexity index is 345. The van der Waals surface area contributed by atoms with E-state index >= 15 is 0 Å². The molecule has 0 unspecified atom stereocenters. The molecule has 1 N–H and O–H groups in total. The van der Waals surface area contributed by atoms with Gasteiger partial charge < -0.3 is 15.1 Å². The number of hydrogen-bond acceptors (Lipinski definition) is 2. The highest BCUT2D eigenvalue weighted by Crippen LogP contribution is 2.43. The van der Waals surface area contributed by atoms with Gasteiger partial charge in [0.15, 0.2) is 5.96 Å². The quantitative estimate of drug-likeness (QED) is 0.638. The van der Waals surface area contributed by atoms with Crippen molar-refractivity contribution < 1.29 is 0 Å². The molecule has 1 saturated heterocycles. The molecule has 0 aromatic carbocycles. The van der Waals surface area contributed by atoms with Gasteiger partial charge in [0, 0.05) is 39.3 Å². The van der Waals surface area contributed by atoms with Gasteiger partial charge in [0.05, 0.1) is 0 Å². The maximum absolute atomic E-state index is 4.50. The van der Waals surface area contributed by atoms with Gasteiger partial charge >= 0.3 is 0 Å². The summed E-state index contributed by atoms with van der Waals surface area (Å²) in [4.78, 5) is 9.36. The average molecular weight is 294 g/mol. The van der Waals surface area contributed by atoms with Crippen LogP contribution in [0.3, 0.4) is 0 Å². The number of likely N-dealkylation sites (tertiary alicyclic amines) is 1. The maximum Gasteiger partial charge on any atom is 0.193 e. The number of likely N-dealkylation sites (N-methyl/N-ethyl adjacent to an activating group) is 1. The topological polar surface area (TPSA) is 30.9 Å². The second kappa shape index (κ2) is 7.48. The van der Waals surface area contributed by atoms with E-state index in [0.717, 1.165) is 19.0 Å². The van der Waals surface area contributed by atoms with E-state index in [0.29, 0.717) is 11.5 Å². The van der Waals surface area contributed by atoms with Crippen molar-refractivity contribution in [3.8, 4) is 0 Å². The van der Waals surface area contributed by atoms with Gasteiger partial charge in [-0.15, -0.1) is 0 Å². The number of aliphatic imine (C=N–C) groups is 1. The van der Waals surface area contributed by atoms with Crippen molar-refractivity contribution in [1.29, 1.82) is 0 Å². The number of nitrogens with one attached hydrogen (secondary N) is 1. The van der Waals surface area contributed by atoms with Gasteiger partial charge in [-0.1, -0.05) is 19.3 Å². The maximum atomic E-state index is 4.50. The van der Waals surface area contributed by atoms with Crippen LogP contribution in [0.1, 0.15) is 52.4 Å². The Hall–Kier alpha value is -0.770. The Labute approximate surface area is 131 Å². The van der Waals surface area contributed by atoms with Crippen LogP contribution in [0.2, 0.25) is 0 Å². The predicted octanol–water partition coefficient (Wildman–Crippen LogP) is 2.56. The summed E-state index contributed by atoms with van der Waals surface area (Å²) in [5.41, 5.74) is 0.602. The Morgan fingerprint density at radius 2 is 1.95 bits per heavy atom. The summed E-state index contributed by atoms with van der Waals surface area (Å²) in [7, 11) is 4.10. The van der Waals surface area contributed by atoms with Crippen molar-refractivity contribution in [3.63, 3.8) is 0 Å². The van der Waals surface area contributed by atoms with Gasteiger partial charge in [-0.3, -0.25) is 4.99 Å². The third-order valence-corrected chi connectivity index (χ3v) is 5.49. The summed E-state index contributed by atoms with van der Waals surface area (Å²) in [6.45, 7) is 8.91. The van der Waals surface area contributed by atoms with Crippen LogP contribution in [-0.4, -0.2) is 62.1 Å². The van der Waals surface area contributed by atoms with Crippen LogP contribution in [0.15, 0.2) is 4.99 Å². The van der Waals surface area contributed by atoms with Crippen LogP contribution >= 0.6 is 0 Å². The summed E-state index contributed by atoms with van der Waals surface area (Å²) < 4.78 is 0. The largest absolute Gasteiger partial charge is 0.355 e. The Kier molecular flexibility index (Phi) is 5.91. The summed E-state index contributed by atoms with van der Waals surface area (Å²) in [6, 6.07) is 0.603. The number of rotatable bonds is 4. The van der Waals surface area contributed by atoms with Crippen LogP contribution in [0.4, 0.5) is 0 Å². The van der Waals surface area contributed by atoms with Gasteiger partial charge in [0.1, 0.15) is 0 Å². The standard InChI is InChI=1S/C17H34N4/c1-15(2)20(4)13-11-19-16(18-3)21-12-10-17(14-21)8-6-5-7-9-17/h15H,5-14H2,1-4H3,(H,18,19). The molecule has 1 aliphatic heterocycles. The van der Waals surface area contributed by atoms with E-state index in [2.05, 4.69) is 41.0 Å². The smallest absolute Gasteiger partial charge is 0.193 e. The Morgan fingerprint density at radius 1 is 1.24 bits per heavy atom. The van der Waals surface area contributed by atoms with Crippen LogP contribution in [0, 0.1) is 5.41 Å². The van der Waals surface area contributed by atoms with Crippen LogP contribution in [-0.2, 0) is 0 Å². The second-order valence-corrected chi connectivity index (χ2v) is 7.28. The zero-order valence-electron chi connectivity index (χ0n) is 14.5. The molecule has 0 aromatic heterocycles. The average Bonchev–Trinajstić information content (AvgIpc) is 2.87. The lowest BCUT2D eigenvalue weighted by molar-refractivity contribution is 0.203. The van der Waals surface area contributed by atoms with Gasteiger partial charge in [-0.05, 0) is 45.6 Å². The van der Waals surface area contributed by atoms with E-state index < -0.39 is 0 Å². The molecule has 4 heteroatoms. The highest BCUT2D eigenvalue weighted by molar-refractivity contribution is 5.80. The zero-order valence-corrected chi connectivity index (χ0v) is 14.5. The summed E-state index contributed by atoms with van der Waals surface area (Å²) >= 11 is 0. The minimum absolute atomic E-state index is 0.602. The van der Waals surface area contributed by atoms with Crippen molar-refractivity contribution >= 4 is 5.96 Å². The summed E-state index contributed by atoms with van der Waals surface area (Å²) in [6.07, 6.45) is 8.52. The van der Waals surface area contributed by atoms with Gasteiger partial charge in [0.2, 0.25) is 0 Å². The number of nitrogens with zero attached hydrogens (tertiary/aromatic N) is 3. The van der Waals surface area contributed by atoms with Crippen LogP contribution in [0.5, 0.6) is 0 Å². The molecule has 0 atom stereocenters. The minimum Gasteiger partial charge on any atom is -0.355 e. The molecule has 1 saturated carbocycles. The SMILES string of the molecule is CN=C(NCCN(C)C(C)C)N1CCC2(CCCCC2)C1. The predicted molar refractivity (Wildman–Crippen MR) is 90.8 cm³/mol. The lowest BCUT2D eigenvalue weighted by Gasteiger charge is -2.33. The highest BCUT2D eigenvalue weighted by Gasteiger charge is 2.39. The Balaban J connectivity index is 1.80. The fourth-order valence-electron chi connectivity index (χ4n) is 3.76. The fourth-order valence-corrected chi connectivity index (χ4v) is 3.76. The fraction of sp³-hybridized carbons (Fsp3) is 0.941. The zero-order chi connectivity index (χ0) is 15.3. The van der Waals surface area contributed by atoms with E-state index in [1.54, 1.807) is 0 Å². The van der Waals surface area contributed by atoms with Crippen LogP contribution < -0.4 is 5.32 Å². The van der Waals surface area contributed by atoms with Gasteiger partial charge in [-0.25, -0.2) is 0 Å². The number of guanidine groups is 1. The minimum atomic E-state index is 0.602. The summed E-state index contributed by atoms with van der Waals surface area (Å²) in [5, 5.41) is 3.55. The second-order valence-electron chi connectivity index (χ2n) is 7.28. The third-order valence-electron chi connectivity index (χ3n) is 5.49. The highest BCUT2D eigenvalue weighted by atomic mass is 15.3. The molecular weight excluding hydrogens is 260 g/mol. The van der Waals surface area contributed by atoms with Crippen molar-refractivity contribution in [2.75, 3.05) is 40.3 Å². The normalized spacial score (nSPS) is 22.6. The molecule has 2 fully saturated rings.